The number of amides is 2. The number of carbonyl (C=O) groups excluding carboxylic acids is 2. The van der Waals surface area contributed by atoms with Crippen LogP contribution in [0.15, 0.2) is 48.5 Å². The summed E-state index contributed by atoms with van der Waals surface area (Å²) in [6.45, 7) is -0.765. The van der Waals surface area contributed by atoms with Crippen LogP contribution < -0.4 is 10.1 Å². The van der Waals surface area contributed by atoms with Crippen molar-refractivity contribution in [1.29, 1.82) is 0 Å². The van der Waals surface area contributed by atoms with E-state index >= 15 is 0 Å². The number of ether oxygens (including phenoxy) is 1. The molecule has 1 aliphatic rings. The summed E-state index contributed by atoms with van der Waals surface area (Å²) in [5.74, 6) is -0.494. The second-order valence-electron chi connectivity index (χ2n) is 6.90. The standard InChI is InChI=1S/C21H22F2N2O4/c22-10-14-9-17(13-26)25(12-14)20(27)11-24-21(28)15-1-5-18(6-2-15)29-19-7-3-16(23)4-8-19/h1-8,14,17,26H,9-13H2,(H,24,28)/t14-,17-/m0/s1. The highest BCUT2D eigenvalue weighted by atomic mass is 19.1. The molecule has 2 aromatic carbocycles. The predicted molar refractivity (Wildman–Crippen MR) is 102 cm³/mol. The minimum absolute atomic E-state index is 0.230. The molecule has 1 saturated heterocycles. The average Bonchev–Trinajstić information content (AvgIpc) is 3.18. The molecule has 2 atom stereocenters. The van der Waals surface area contributed by atoms with Gasteiger partial charge >= 0.3 is 0 Å². The molecule has 2 N–H and O–H groups in total. The molecule has 8 heteroatoms. The number of aliphatic hydroxyl groups is 1. The van der Waals surface area contributed by atoms with Crippen LogP contribution in [0.4, 0.5) is 8.78 Å². The number of nitrogens with zero attached hydrogens (tertiary/aromatic N) is 1. The van der Waals surface area contributed by atoms with Crippen molar-refractivity contribution in [3.63, 3.8) is 0 Å². The van der Waals surface area contributed by atoms with Crippen molar-refractivity contribution in [2.75, 3.05) is 26.4 Å². The molecule has 154 valence electrons. The summed E-state index contributed by atoms with van der Waals surface area (Å²) >= 11 is 0. The van der Waals surface area contributed by atoms with E-state index in [4.69, 9.17) is 4.74 Å². The topological polar surface area (TPSA) is 78.9 Å². The molecule has 0 saturated carbocycles. The minimum Gasteiger partial charge on any atom is -0.457 e. The van der Waals surface area contributed by atoms with Crippen molar-refractivity contribution in [2.45, 2.75) is 12.5 Å². The van der Waals surface area contributed by atoms with Gasteiger partial charge in [-0.25, -0.2) is 4.39 Å². The third-order valence-electron chi connectivity index (χ3n) is 4.82. The maximum absolute atomic E-state index is 12.9. The zero-order valence-electron chi connectivity index (χ0n) is 15.7. The largest absolute Gasteiger partial charge is 0.457 e. The van der Waals surface area contributed by atoms with Gasteiger partial charge in [-0.05, 0) is 55.0 Å². The Labute approximate surface area is 167 Å². The van der Waals surface area contributed by atoms with Crippen molar-refractivity contribution in [1.82, 2.24) is 10.2 Å². The molecule has 3 rings (SSSR count). The monoisotopic (exact) mass is 404 g/mol. The van der Waals surface area contributed by atoms with E-state index in [-0.39, 0.29) is 37.3 Å². The van der Waals surface area contributed by atoms with Crippen molar-refractivity contribution in [3.05, 3.63) is 59.9 Å². The lowest BCUT2D eigenvalue weighted by Gasteiger charge is -2.23. The van der Waals surface area contributed by atoms with E-state index in [1.54, 1.807) is 24.3 Å². The van der Waals surface area contributed by atoms with Gasteiger partial charge in [-0.2, -0.15) is 0 Å². The molecule has 2 amide bonds. The highest BCUT2D eigenvalue weighted by molar-refractivity contribution is 5.96. The first-order chi connectivity index (χ1) is 14.0. The Bertz CT molecular complexity index is 843. The number of aliphatic hydroxyl groups excluding tert-OH is 1. The number of hydrogen-bond donors (Lipinski definition) is 2. The number of benzene rings is 2. The van der Waals surface area contributed by atoms with Gasteiger partial charge in [0.1, 0.15) is 17.3 Å². The molecule has 29 heavy (non-hydrogen) atoms. The molecular weight excluding hydrogens is 382 g/mol. The molecule has 0 aliphatic carbocycles. The van der Waals surface area contributed by atoms with Gasteiger partial charge in [-0.15, -0.1) is 0 Å². The fourth-order valence-corrected chi connectivity index (χ4v) is 3.28. The SMILES string of the molecule is O=C(NCC(=O)N1C[C@H](CF)C[C@H]1CO)c1ccc(Oc2ccc(F)cc2)cc1. The molecule has 1 heterocycles. The van der Waals surface area contributed by atoms with E-state index in [0.717, 1.165) is 0 Å². The second kappa shape index (κ2) is 9.47. The summed E-state index contributed by atoms with van der Waals surface area (Å²) in [4.78, 5) is 26.0. The Kier molecular flexibility index (Phi) is 6.77. The molecule has 6 nitrogen and oxygen atoms in total. The van der Waals surface area contributed by atoms with Crippen molar-refractivity contribution in [3.8, 4) is 11.5 Å². The number of halogens is 2. The molecule has 0 aromatic heterocycles. The highest BCUT2D eigenvalue weighted by Gasteiger charge is 2.34. The van der Waals surface area contributed by atoms with Crippen molar-refractivity contribution < 1.29 is 28.2 Å². The van der Waals surface area contributed by atoms with Gasteiger partial charge in [0.25, 0.3) is 5.91 Å². The van der Waals surface area contributed by atoms with Crippen LogP contribution in [0.1, 0.15) is 16.8 Å². The first-order valence-electron chi connectivity index (χ1n) is 9.28. The fraction of sp³-hybridized carbons (Fsp3) is 0.333. The van der Waals surface area contributed by atoms with E-state index in [9.17, 15) is 23.5 Å². The molecule has 1 fully saturated rings. The Morgan fingerprint density at radius 1 is 1.10 bits per heavy atom. The summed E-state index contributed by atoms with van der Waals surface area (Å²) < 4.78 is 31.3. The van der Waals surface area contributed by atoms with E-state index in [1.165, 1.54) is 29.2 Å². The van der Waals surface area contributed by atoms with E-state index in [1.807, 2.05) is 0 Å². The molecule has 0 bridgehead atoms. The van der Waals surface area contributed by atoms with Gasteiger partial charge in [0, 0.05) is 18.0 Å². The smallest absolute Gasteiger partial charge is 0.251 e. The van der Waals surface area contributed by atoms with Crippen LogP contribution in [0.5, 0.6) is 11.5 Å². The highest BCUT2D eigenvalue weighted by Crippen LogP contribution is 2.24. The number of alkyl halides is 1. The van der Waals surface area contributed by atoms with Crippen LogP contribution in [0, 0.1) is 11.7 Å². The zero-order valence-corrected chi connectivity index (χ0v) is 15.7. The zero-order chi connectivity index (χ0) is 20.8. The lowest BCUT2D eigenvalue weighted by molar-refractivity contribution is -0.131. The Balaban J connectivity index is 1.52. The molecule has 1 aliphatic heterocycles. The van der Waals surface area contributed by atoms with Crippen LogP contribution in [0.3, 0.4) is 0 Å². The number of nitrogens with one attached hydrogen (secondary N) is 1. The summed E-state index contributed by atoms with van der Waals surface area (Å²) in [5.41, 5.74) is 0.339. The van der Waals surface area contributed by atoms with E-state index in [2.05, 4.69) is 5.32 Å². The van der Waals surface area contributed by atoms with Crippen molar-refractivity contribution >= 4 is 11.8 Å². The number of carbonyl (C=O) groups is 2. The van der Waals surface area contributed by atoms with Gasteiger partial charge in [0.15, 0.2) is 0 Å². The van der Waals surface area contributed by atoms with Crippen LogP contribution >= 0.6 is 0 Å². The molecule has 0 unspecified atom stereocenters. The normalized spacial score (nSPS) is 18.5. The van der Waals surface area contributed by atoms with Gasteiger partial charge in [0.05, 0.1) is 25.9 Å². The van der Waals surface area contributed by atoms with Crippen LogP contribution in [0.2, 0.25) is 0 Å². The van der Waals surface area contributed by atoms with Gasteiger partial charge in [-0.3, -0.25) is 14.0 Å². The lowest BCUT2D eigenvalue weighted by Crippen LogP contribution is -2.44. The third kappa shape index (κ3) is 5.29. The maximum atomic E-state index is 12.9. The predicted octanol–water partition coefficient (Wildman–Crippen LogP) is 2.53. The first-order valence-corrected chi connectivity index (χ1v) is 9.28. The molecule has 0 spiro atoms. The van der Waals surface area contributed by atoms with E-state index < -0.39 is 18.6 Å². The molecular formula is C21H22F2N2O4. The Hall–Kier alpha value is -3.00. The van der Waals surface area contributed by atoms with Crippen molar-refractivity contribution in [2.24, 2.45) is 5.92 Å². The van der Waals surface area contributed by atoms with E-state index in [0.29, 0.717) is 23.5 Å². The molecule has 2 aromatic rings. The van der Waals surface area contributed by atoms with Gasteiger partial charge < -0.3 is 20.1 Å². The fourth-order valence-electron chi connectivity index (χ4n) is 3.28. The first kappa shape index (κ1) is 20.7. The minimum atomic E-state index is -0.543. The lowest BCUT2D eigenvalue weighted by atomic mass is 10.1. The van der Waals surface area contributed by atoms with Crippen LogP contribution in [0.25, 0.3) is 0 Å². The average molecular weight is 404 g/mol. The maximum Gasteiger partial charge on any atom is 0.251 e. The summed E-state index contributed by atoms with van der Waals surface area (Å²) in [6, 6.07) is 11.4. The van der Waals surface area contributed by atoms with Crippen LogP contribution in [-0.4, -0.2) is 54.2 Å². The van der Waals surface area contributed by atoms with Gasteiger partial charge in [0.2, 0.25) is 5.91 Å². The number of hydrogen-bond acceptors (Lipinski definition) is 4. The summed E-state index contributed by atoms with van der Waals surface area (Å²) in [6.07, 6.45) is 0.419. The Morgan fingerprint density at radius 2 is 1.72 bits per heavy atom. The summed E-state index contributed by atoms with van der Waals surface area (Å²) in [5, 5.41) is 11.9. The number of rotatable bonds is 7. The number of likely N-dealkylation sites (tertiary alicyclic amines) is 1. The molecule has 0 radical (unpaired) electrons. The van der Waals surface area contributed by atoms with Crippen LogP contribution in [-0.2, 0) is 4.79 Å². The Morgan fingerprint density at radius 3 is 2.31 bits per heavy atom. The quantitative estimate of drug-likeness (QED) is 0.743. The van der Waals surface area contributed by atoms with Gasteiger partial charge in [-0.1, -0.05) is 0 Å². The second-order valence-corrected chi connectivity index (χ2v) is 6.90. The third-order valence-corrected chi connectivity index (χ3v) is 4.82. The summed E-state index contributed by atoms with van der Waals surface area (Å²) in [7, 11) is 0.